The Balaban J connectivity index is 1.28. The number of aromatic nitrogens is 2. The zero-order chi connectivity index (χ0) is 18.6. The summed E-state index contributed by atoms with van der Waals surface area (Å²) in [7, 11) is 2.28. The highest BCUT2D eigenvalue weighted by molar-refractivity contribution is 7.15. The van der Waals surface area contributed by atoms with Crippen molar-refractivity contribution in [2.45, 2.75) is 31.7 Å². The van der Waals surface area contributed by atoms with Crippen molar-refractivity contribution >= 4 is 28.1 Å². The van der Waals surface area contributed by atoms with Crippen molar-refractivity contribution in [2.75, 3.05) is 51.2 Å². The van der Waals surface area contributed by atoms with Gasteiger partial charge in [0.25, 0.3) is 0 Å². The third-order valence-electron chi connectivity index (χ3n) is 5.76. The molecule has 7 heteroatoms. The van der Waals surface area contributed by atoms with E-state index in [2.05, 4.69) is 44.1 Å². The lowest BCUT2D eigenvalue weighted by Crippen LogP contribution is -2.51. The molecule has 3 heterocycles. The van der Waals surface area contributed by atoms with Gasteiger partial charge in [0, 0.05) is 50.2 Å². The third kappa shape index (κ3) is 4.99. The Kier molecular flexibility index (Phi) is 6.28. The number of halogens is 1. The van der Waals surface area contributed by atoms with Crippen LogP contribution in [0.1, 0.15) is 29.8 Å². The summed E-state index contributed by atoms with van der Waals surface area (Å²) in [5, 5.41) is 11.8. The molecule has 27 heavy (non-hydrogen) atoms. The van der Waals surface area contributed by atoms with Gasteiger partial charge in [0.2, 0.25) is 5.13 Å². The average Bonchev–Trinajstić information content (AvgIpc) is 3.15. The molecule has 146 valence electrons. The molecule has 2 fully saturated rings. The molecule has 4 rings (SSSR count). The van der Waals surface area contributed by atoms with Gasteiger partial charge in [0.1, 0.15) is 5.01 Å². The molecule has 1 unspecified atom stereocenters. The van der Waals surface area contributed by atoms with E-state index >= 15 is 0 Å². The van der Waals surface area contributed by atoms with E-state index in [0.717, 1.165) is 53.8 Å². The lowest BCUT2D eigenvalue weighted by Gasteiger charge is -2.40. The number of piperidine rings is 1. The first-order chi connectivity index (χ1) is 13.2. The highest BCUT2D eigenvalue weighted by atomic mass is 35.5. The second-order valence-corrected chi connectivity index (χ2v) is 9.18. The van der Waals surface area contributed by atoms with Crippen LogP contribution in [-0.2, 0) is 6.42 Å². The summed E-state index contributed by atoms with van der Waals surface area (Å²) in [5.74, 6) is 0. The first-order valence-corrected chi connectivity index (χ1v) is 11.1. The van der Waals surface area contributed by atoms with Gasteiger partial charge in [-0.2, -0.15) is 0 Å². The molecule has 2 saturated heterocycles. The SMILES string of the molecule is CN1CCCCC1CN1CCN(c2nnc(Cc3ccc(Cl)cc3)s2)CC1. The minimum atomic E-state index is 0.734. The molecule has 5 nitrogen and oxygen atoms in total. The van der Waals surface area contributed by atoms with Gasteiger partial charge >= 0.3 is 0 Å². The Morgan fingerprint density at radius 3 is 2.56 bits per heavy atom. The summed E-state index contributed by atoms with van der Waals surface area (Å²) in [6.45, 7) is 6.80. The van der Waals surface area contributed by atoms with E-state index in [0.29, 0.717) is 0 Å². The number of hydrogen-bond donors (Lipinski definition) is 0. The summed E-state index contributed by atoms with van der Waals surface area (Å²) >= 11 is 7.68. The van der Waals surface area contributed by atoms with Gasteiger partial charge in [-0.3, -0.25) is 4.90 Å². The number of likely N-dealkylation sites (N-methyl/N-ethyl adjacent to an activating group) is 1. The number of rotatable bonds is 5. The minimum absolute atomic E-state index is 0.734. The highest BCUT2D eigenvalue weighted by Crippen LogP contribution is 2.24. The van der Waals surface area contributed by atoms with E-state index in [1.165, 1.54) is 37.9 Å². The number of piperazine rings is 1. The van der Waals surface area contributed by atoms with Crippen LogP contribution >= 0.6 is 22.9 Å². The van der Waals surface area contributed by atoms with Crippen molar-refractivity contribution in [2.24, 2.45) is 0 Å². The molecular formula is C20H28ClN5S. The van der Waals surface area contributed by atoms with Crippen molar-refractivity contribution in [3.05, 3.63) is 39.9 Å². The van der Waals surface area contributed by atoms with E-state index < -0.39 is 0 Å². The third-order valence-corrected chi connectivity index (χ3v) is 6.99. The van der Waals surface area contributed by atoms with Crippen molar-refractivity contribution in [1.82, 2.24) is 20.0 Å². The molecule has 0 amide bonds. The van der Waals surface area contributed by atoms with E-state index in [4.69, 9.17) is 11.6 Å². The van der Waals surface area contributed by atoms with Crippen molar-refractivity contribution < 1.29 is 0 Å². The predicted octanol–water partition coefficient (Wildman–Crippen LogP) is 3.39. The fourth-order valence-electron chi connectivity index (χ4n) is 4.02. The molecule has 0 aliphatic carbocycles. The van der Waals surface area contributed by atoms with Crippen molar-refractivity contribution in [3.8, 4) is 0 Å². The first-order valence-electron chi connectivity index (χ1n) is 9.92. The van der Waals surface area contributed by atoms with Crippen LogP contribution in [0.3, 0.4) is 0 Å². The Morgan fingerprint density at radius 2 is 1.81 bits per heavy atom. The molecule has 2 aliphatic heterocycles. The smallest absolute Gasteiger partial charge is 0.208 e. The number of anilines is 1. The summed E-state index contributed by atoms with van der Waals surface area (Å²) in [6, 6.07) is 8.72. The lowest BCUT2D eigenvalue weighted by atomic mass is 10.0. The normalized spacial score (nSPS) is 22.3. The lowest BCUT2D eigenvalue weighted by molar-refractivity contribution is 0.124. The van der Waals surface area contributed by atoms with Gasteiger partial charge in [-0.1, -0.05) is 41.5 Å². The summed E-state index contributed by atoms with van der Waals surface area (Å²) in [4.78, 5) is 7.56. The molecule has 2 aromatic rings. The minimum Gasteiger partial charge on any atom is -0.344 e. The maximum atomic E-state index is 5.96. The van der Waals surface area contributed by atoms with Gasteiger partial charge in [0.05, 0.1) is 0 Å². The van der Waals surface area contributed by atoms with E-state index in [1.54, 1.807) is 11.3 Å². The van der Waals surface area contributed by atoms with E-state index in [-0.39, 0.29) is 0 Å². The maximum absolute atomic E-state index is 5.96. The fourth-order valence-corrected chi connectivity index (χ4v) is 5.07. The monoisotopic (exact) mass is 405 g/mol. The Labute approximate surface area is 170 Å². The van der Waals surface area contributed by atoms with Crippen LogP contribution in [0.4, 0.5) is 5.13 Å². The maximum Gasteiger partial charge on any atom is 0.208 e. The average molecular weight is 406 g/mol. The van der Waals surface area contributed by atoms with E-state index in [1.807, 2.05) is 12.1 Å². The second kappa shape index (κ2) is 8.86. The van der Waals surface area contributed by atoms with Gasteiger partial charge in [-0.05, 0) is 44.1 Å². The van der Waals surface area contributed by atoms with Crippen LogP contribution in [0.2, 0.25) is 5.02 Å². The molecule has 1 atom stereocenters. The molecular weight excluding hydrogens is 378 g/mol. The van der Waals surface area contributed by atoms with Crippen LogP contribution in [0.5, 0.6) is 0 Å². The topological polar surface area (TPSA) is 35.5 Å². The zero-order valence-electron chi connectivity index (χ0n) is 16.0. The number of likely N-dealkylation sites (tertiary alicyclic amines) is 1. The second-order valence-electron chi connectivity index (χ2n) is 7.70. The van der Waals surface area contributed by atoms with Crippen molar-refractivity contribution in [1.29, 1.82) is 0 Å². The largest absolute Gasteiger partial charge is 0.344 e. The molecule has 1 aromatic carbocycles. The van der Waals surface area contributed by atoms with Crippen LogP contribution in [-0.4, -0.2) is 72.4 Å². The van der Waals surface area contributed by atoms with Gasteiger partial charge in [-0.15, -0.1) is 10.2 Å². The Hall–Kier alpha value is -1.21. The van der Waals surface area contributed by atoms with E-state index in [9.17, 15) is 0 Å². The molecule has 0 N–H and O–H groups in total. The van der Waals surface area contributed by atoms with Gasteiger partial charge < -0.3 is 9.80 Å². The predicted molar refractivity (Wildman–Crippen MR) is 113 cm³/mol. The number of nitrogens with zero attached hydrogens (tertiary/aromatic N) is 5. The number of hydrogen-bond acceptors (Lipinski definition) is 6. The summed E-state index contributed by atoms with van der Waals surface area (Å²) in [6.07, 6.45) is 4.91. The first kappa shape index (κ1) is 19.1. The van der Waals surface area contributed by atoms with Crippen molar-refractivity contribution in [3.63, 3.8) is 0 Å². The van der Waals surface area contributed by atoms with Crippen LogP contribution in [0.25, 0.3) is 0 Å². The highest BCUT2D eigenvalue weighted by Gasteiger charge is 2.25. The van der Waals surface area contributed by atoms with Gasteiger partial charge in [0.15, 0.2) is 0 Å². The molecule has 1 aromatic heterocycles. The van der Waals surface area contributed by atoms with Gasteiger partial charge in [-0.25, -0.2) is 0 Å². The molecule has 0 radical (unpaired) electrons. The quantitative estimate of drug-likeness (QED) is 0.761. The molecule has 2 aliphatic rings. The Morgan fingerprint density at radius 1 is 1.04 bits per heavy atom. The summed E-state index contributed by atoms with van der Waals surface area (Å²) < 4.78 is 0. The van der Waals surface area contributed by atoms with Crippen LogP contribution < -0.4 is 4.90 Å². The molecule has 0 spiro atoms. The fraction of sp³-hybridized carbons (Fsp3) is 0.600. The zero-order valence-corrected chi connectivity index (χ0v) is 17.6. The molecule has 0 bridgehead atoms. The number of benzene rings is 1. The van der Waals surface area contributed by atoms with Crippen LogP contribution in [0.15, 0.2) is 24.3 Å². The summed E-state index contributed by atoms with van der Waals surface area (Å²) in [5.41, 5.74) is 1.23. The Bertz CT molecular complexity index is 726. The standard InChI is InChI=1S/C20H28ClN5S/c1-24-9-3-2-4-18(24)15-25-10-12-26(13-11-25)20-23-22-19(27-20)14-16-5-7-17(21)8-6-16/h5-8,18H,2-4,9-15H2,1H3. The van der Waals surface area contributed by atoms with Crippen LogP contribution in [0, 0.1) is 0 Å². The molecule has 0 saturated carbocycles.